The number of sulfonamides is 1. The van der Waals surface area contributed by atoms with E-state index in [1.807, 2.05) is 0 Å². The van der Waals surface area contributed by atoms with E-state index in [-0.39, 0.29) is 30.1 Å². The summed E-state index contributed by atoms with van der Waals surface area (Å²) in [5.74, 6) is -0.926. The molecule has 0 aliphatic carbocycles. The van der Waals surface area contributed by atoms with E-state index in [0.29, 0.717) is 10.9 Å². The van der Waals surface area contributed by atoms with Crippen molar-refractivity contribution in [3.8, 4) is 0 Å². The van der Waals surface area contributed by atoms with E-state index in [9.17, 15) is 31.5 Å². The SMILES string of the molecule is CCS(=O)(=O)NCCn1cc2cc(NC(=O)c3cccc(C(F)(F)F)n3)c(C(C)(C)O)cc2n1. The fourth-order valence-electron chi connectivity index (χ4n) is 3.17. The van der Waals surface area contributed by atoms with Crippen molar-refractivity contribution in [1.82, 2.24) is 19.5 Å². The molecule has 0 saturated carbocycles. The second-order valence-corrected chi connectivity index (χ2v) is 10.2. The molecule has 34 heavy (non-hydrogen) atoms. The molecule has 9 nitrogen and oxygen atoms in total. The van der Waals surface area contributed by atoms with E-state index >= 15 is 0 Å². The van der Waals surface area contributed by atoms with E-state index in [1.165, 1.54) is 31.5 Å². The molecule has 0 spiro atoms. The quantitative estimate of drug-likeness (QED) is 0.438. The molecule has 1 amide bonds. The van der Waals surface area contributed by atoms with Crippen LogP contribution in [0.3, 0.4) is 0 Å². The molecule has 3 N–H and O–H groups in total. The lowest BCUT2D eigenvalue weighted by molar-refractivity contribution is -0.141. The van der Waals surface area contributed by atoms with Gasteiger partial charge < -0.3 is 10.4 Å². The Morgan fingerprint density at radius 2 is 1.91 bits per heavy atom. The number of fused-ring (bicyclic) bond motifs is 1. The number of amides is 1. The Morgan fingerprint density at radius 3 is 2.53 bits per heavy atom. The molecule has 0 fully saturated rings. The highest BCUT2D eigenvalue weighted by atomic mass is 32.2. The van der Waals surface area contributed by atoms with E-state index in [4.69, 9.17) is 0 Å². The molecule has 1 aromatic carbocycles. The molecule has 0 unspecified atom stereocenters. The van der Waals surface area contributed by atoms with Gasteiger partial charge in [-0.3, -0.25) is 9.48 Å². The average Bonchev–Trinajstić information content (AvgIpc) is 3.13. The standard InChI is InChI=1S/C21H24F3N5O4S/c1-4-34(32,33)25-8-9-29-12-13-10-17(14(20(2,3)31)11-16(13)28-29)27-19(30)15-6-5-7-18(26-15)21(22,23)24/h5-7,10-12,25,31H,4,8-9H2,1-3H3,(H,27,30). The van der Waals surface area contributed by atoms with E-state index in [0.717, 1.165) is 18.2 Å². The topological polar surface area (TPSA) is 126 Å². The highest BCUT2D eigenvalue weighted by Crippen LogP contribution is 2.32. The van der Waals surface area contributed by atoms with Crippen molar-refractivity contribution in [3.05, 3.63) is 53.5 Å². The third-order valence-corrected chi connectivity index (χ3v) is 6.32. The van der Waals surface area contributed by atoms with Crippen LogP contribution in [-0.2, 0) is 28.3 Å². The summed E-state index contributed by atoms with van der Waals surface area (Å²) in [6, 6.07) is 6.09. The van der Waals surface area contributed by atoms with E-state index in [1.54, 1.807) is 12.3 Å². The van der Waals surface area contributed by atoms with Crippen LogP contribution in [-0.4, -0.2) is 46.5 Å². The maximum Gasteiger partial charge on any atom is 0.433 e. The zero-order valence-corrected chi connectivity index (χ0v) is 19.5. The lowest BCUT2D eigenvalue weighted by Gasteiger charge is -2.22. The number of nitrogens with one attached hydrogen (secondary N) is 2. The molecule has 0 aliphatic rings. The van der Waals surface area contributed by atoms with E-state index in [2.05, 4.69) is 20.1 Å². The van der Waals surface area contributed by atoms with Gasteiger partial charge in [0.05, 0.1) is 23.4 Å². The fourth-order valence-corrected chi connectivity index (χ4v) is 3.78. The molecule has 2 aromatic heterocycles. The summed E-state index contributed by atoms with van der Waals surface area (Å²) in [5.41, 5.74) is -2.11. The first-order chi connectivity index (χ1) is 15.7. The van der Waals surface area contributed by atoms with Crippen LogP contribution in [0, 0.1) is 0 Å². The van der Waals surface area contributed by atoms with Crippen LogP contribution in [0.4, 0.5) is 18.9 Å². The molecule has 13 heteroatoms. The molecule has 184 valence electrons. The number of alkyl halides is 3. The number of benzene rings is 1. The normalized spacial score (nSPS) is 12.8. The molecular weight excluding hydrogens is 475 g/mol. The Kier molecular flexibility index (Phi) is 7.01. The van der Waals surface area contributed by atoms with Gasteiger partial charge in [-0.15, -0.1) is 0 Å². The minimum Gasteiger partial charge on any atom is -0.386 e. The largest absolute Gasteiger partial charge is 0.433 e. The van der Waals surface area contributed by atoms with E-state index < -0.39 is 39.1 Å². The lowest BCUT2D eigenvalue weighted by Crippen LogP contribution is -2.28. The fraction of sp³-hybridized carbons (Fsp3) is 0.381. The van der Waals surface area contributed by atoms with Crippen LogP contribution < -0.4 is 10.0 Å². The number of nitrogens with zero attached hydrogens (tertiary/aromatic N) is 3. The first-order valence-corrected chi connectivity index (χ1v) is 11.9. The first kappa shape index (κ1) is 25.6. The van der Waals surface area contributed by atoms with Gasteiger partial charge >= 0.3 is 6.18 Å². The molecule has 0 bridgehead atoms. The number of aliphatic hydroxyl groups is 1. The van der Waals surface area contributed by atoms with Gasteiger partial charge in [-0.2, -0.15) is 18.3 Å². The Labute approximate surface area is 194 Å². The summed E-state index contributed by atoms with van der Waals surface area (Å²) >= 11 is 0. The van der Waals surface area contributed by atoms with Crippen LogP contribution in [0.25, 0.3) is 10.9 Å². The number of anilines is 1. The van der Waals surface area contributed by atoms with Crippen molar-refractivity contribution in [3.63, 3.8) is 0 Å². The van der Waals surface area contributed by atoms with Crippen LogP contribution >= 0.6 is 0 Å². The summed E-state index contributed by atoms with van der Waals surface area (Å²) in [6.07, 6.45) is -3.07. The summed E-state index contributed by atoms with van der Waals surface area (Å²) in [4.78, 5) is 16.1. The number of hydrogen-bond donors (Lipinski definition) is 3. The van der Waals surface area contributed by atoms with Crippen molar-refractivity contribution in [2.75, 3.05) is 17.6 Å². The number of rotatable bonds is 8. The van der Waals surface area contributed by atoms with Crippen LogP contribution in [0.5, 0.6) is 0 Å². The van der Waals surface area contributed by atoms with Gasteiger partial charge in [-0.25, -0.2) is 18.1 Å². The van der Waals surface area contributed by atoms with Gasteiger partial charge in [0.15, 0.2) is 0 Å². The molecule has 0 aliphatic heterocycles. The van der Waals surface area contributed by atoms with Gasteiger partial charge in [-0.05, 0) is 45.0 Å². The number of carbonyl (C=O) groups excluding carboxylic acids is 1. The number of halogens is 3. The Morgan fingerprint density at radius 1 is 1.21 bits per heavy atom. The zero-order chi connectivity index (χ0) is 25.3. The van der Waals surface area contributed by atoms with Crippen molar-refractivity contribution >= 4 is 32.5 Å². The molecular formula is C21H24F3N5O4S. The van der Waals surface area contributed by atoms with Crippen molar-refractivity contribution in [2.24, 2.45) is 0 Å². The van der Waals surface area contributed by atoms with Gasteiger partial charge in [-0.1, -0.05) is 6.07 Å². The average molecular weight is 500 g/mol. The van der Waals surface area contributed by atoms with Gasteiger partial charge in [0, 0.05) is 29.4 Å². The predicted octanol–water partition coefficient (Wildman–Crippen LogP) is 2.87. The van der Waals surface area contributed by atoms with Crippen LogP contribution in [0.15, 0.2) is 36.5 Å². The monoisotopic (exact) mass is 499 g/mol. The second-order valence-electron chi connectivity index (χ2n) is 8.07. The number of aromatic nitrogens is 3. The Balaban J connectivity index is 1.91. The van der Waals surface area contributed by atoms with Crippen LogP contribution in [0.2, 0.25) is 0 Å². The summed E-state index contributed by atoms with van der Waals surface area (Å²) < 4.78 is 66.0. The summed E-state index contributed by atoms with van der Waals surface area (Å²) in [6.45, 7) is 4.86. The van der Waals surface area contributed by atoms with Crippen molar-refractivity contribution in [1.29, 1.82) is 0 Å². The number of hydrogen-bond acceptors (Lipinski definition) is 6. The Hall–Kier alpha value is -3.03. The van der Waals surface area contributed by atoms with Crippen molar-refractivity contribution < 1.29 is 31.5 Å². The summed E-state index contributed by atoms with van der Waals surface area (Å²) in [7, 11) is -3.35. The van der Waals surface area contributed by atoms with Crippen molar-refractivity contribution in [2.45, 2.75) is 39.1 Å². The first-order valence-electron chi connectivity index (χ1n) is 10.3. The van der Waals surface area contributed by atoms with Gasteiger partial charge in [0.25, 0.3) is 5.91 Å². The molecule has 3 aromatic rings. The second kappa shape index (κ2) is 9.31. The van der Waals surface area contributed by atoms with Gasteiger partial charge in [0.1, 0.15) is 11.4 Å². The number of pyridine rings is 1. The lowest BCUT2D eigenvalue weighted by atomic mass is 9.95. The smallest absolute Gasteiger partial charge is 0.386 e. The molecule has 0 atom stereocenters. The highest BCUT2D eigenvalue weighted by Gasteiger charge is 2.33. The predicted molar refractivity (Wildman–Crippen MR) is 120 cm³/mol. The zero-order valence-electron chi connectivity index (χ0n) is 18.6. The Bertz CT molecular complexity index is 1310. The third-order valence-electron chi connectivity index (χ3n) is 4.91. The maximum atomic E-state index is 13.0. The highest BCUT2D eigenvalue weighted by molar-refractivity contribution is 7.89. The molecule has 2 heterocycles. The molecule has 0 radical (unpaired) electrons. The van der Waals surface area contributed by atoms with Gasteiger partial charge in [0.2, 0.25) is 10.0 Å². The third kappa shape index (κ3) is 6.10. The van der Waals surface area contributed by atoms with Crippen LogP contribution in [0.1, 0.15) is 42.5 Å². The molecule has 0 saturated heterocycles. The molecule has 3 rings (SSSR count). The minimum absolute atomic E-state index is 0.0488. The summed E-state index contributed by atoms with van der Waals surface area (Å²) in [5, 5.41) is 18.1. The number of carbonyl (C=O) groups is 1. The minimum atomic E-state index is -4.70. The maximum absolute atomic E-state index is 13.0.